The van der Waals surface area contributed by atoms with Gasteiger partial charge in [-0.1, -0.05) is 0 Å². The van der Waals surface area contributed by atoms with Crippen molar-refractivity contribution in [3.8, 4) is 17.4 Å². The molecule has 1 aromatic carbocycles. The second kappa shape index (κ2) is 4.93. The fraction of sp³-hybridized carbons (Fsp3) is 0.143. The number of halogens is 1. The standard InChI is InChI=1S/C14H13FN4O2/c1-8-12(20-2)6-19-13(8)14(17-7-18-19)21-11-4-3-9(16)5-10(11)15/h3-7H,16H2,1-2H3. The van der Waals surface area contributed by atoms with Crippen molar-refractivity contribution in [3.05, 3.63) is 42.1 Å². The molecule has 3 rings (SSSR count). The Bertz CT molecular complexity index is 816. The van der Waals surface area contributed by atoms with Gasteiger partial charge in [0, 0.05) is 17.3 Å². The van der Waals surface area contributed by atoms with Crippen LogP contribution in [0.5, 0.6) is 17.4 Å². The molecule has 2 heterocycles. The number of nitrogens with two attached hydrogens (primary N) is 1. The average molecular weight is 288 g/mol. The molecule has 0 aliphatic carbocycles. The van der Waals surface area contributed by atoms with Gasteiger partial charge in [0.05, 0.1) is 13.3 Å². The molecule has 0 spiro atoms. The van der Waals surface area contributed by atoms with Crippen LogP contribution >= 0.6 is 0 Å². The summed E-state index contributed by atoms with van der Waals surface area (Å²) in [6, 6.07) is 4.21. The van der Waals surface area contributed by atoms with Gasteiger partial charge in [-0.15, -0.1) is 0 Å². The summed E-state index contributed by atoms with van der Waals surface area (Å²) in [5, 5.41) is 4.08. The number of aromatic nitrogens is 3. The third kappa shape index (κ3) is 2.22. The van der Waals surface area contributed by atoms with Crippen LogP contribution in [0.15, 0.2) is 30.7 Å². The third-order valence-corrected chi connectivity index (χ3v) is 3.13. The highest BCUT2D eigenvalue weighted by Gasteiger charge is 2.16. The van der Waals surface area contributed by atoms with E-state index in [1.807, 2.05) is 6.92 Å². The number of aryl methyl sites for hydroxylation is 1. The van der Waals surface area contributed by atoms with Crippen LogP contribution in [-0.2, 0) is 0 Å². The van der Waals surface area contributed by atoms with E-state index in [1.165, 1.54) is 18.5 Å². The van der Waals surface area contributed by atoms with Crippen LogP contribution in [0.3, 0.4) is 0 Å². The molecule has 6 nitrogen and oxygen atoms in total. The van der Waals surface area contributed by atoms with E-state index in [0.29, 0.717) is 17.0 Å². The van der Waals surface area contributed by atoms with Gasteiger partial charge >= 0.3 is 0 Å². The van der Waals surface area contributed by atoms with Crippen LogP contribution in [0, 0.1) is 12.7 Å². The van der Waals surface area contributed by atoms with E-state index in [4.69, 9.17) is 15.2 Å². The van der Waals surface area contributed by atoms with Crippen molar-refractivity contribution in [1.29, 1.82) is 0 Å². The normalized spacial score (nSPS) is 10.8. The second-order valence-electron chi connectivity index (χ2n) is 4.47. The molecule has 2 N–H and O–H groups in total. The molecule has 108 valence electrons. The number of hydrogen-bond donors (Lipinski definition) is 1. The lowest BCUT2D eigenvalue weighted by atomic mass is 10.3. The summed E-state index contributed by atoms with van der Waals surface area (Å²) in [7, 11) is 1.56. The Kier molecular flexibility index (Phi) is 3.09. The number of benzene rings is 1. The zero-order valence-corrected chi connectivity index (χ0v) is 11.5. The first-order chi connectivity index (χ1) is 10.1. The Balaban J connectivity index is 2.10. The number of nitrogen functional groups attached to an aromatic ring is 1. The molecule has 0 bridgehead atoms. The van der Waals surface area contributed by atoms with Crippen molar-refractivity contribution in [1.82, 2.24) is 14.6 Å². The lowest BCUT2D eigenvalue weighted by molar-refractivity contribution is 0.412. The fourth-order valence-corrected chi connectivity index (χ4v) is 2.09. The van der Waals surface area contributed by atoms with Crippen molar-refractivity contribution in [3.63, 3.8) is 0 Å². The molecule has 2 aromatic heterocycles. The molecule has 0 aliphatic heterocycles. The summed E-state index contributed by atoms with van der Waals surface area (Å²) in [5.41, 5.74) is 7.27. The van der Waals surface area contributed by atoms with Gasteiger partial charge in [0.1, 0.15) is 17.6 Å². The number of fused-ring (bicyclic) bond motifs is 1. The van der Waals surface area contributed by atoms with Gasteiger partial charge < -0.3 is 15.2 Å². The first-order valence-corrected chi connectivity index (χ1v) is 6.20. The molecule has 0 unspecified atom stereocenters. The summed E-state index contributed by atoms with van der Waals surface area (Å²) in [4.78, 5) is 4.07. The second-order valence-corrected chi connectivity index (χ2v) is 4.47. The van der Waals surface area contributed by atoms with Gasteiger partial charge in [0.2, 0.25) is 5.88 Å². The molecule has 21 heavy (non-hydrogen) atoms. The Labute approximate surface area is 119 Å². The SMILES string of the molecule is COc1cn2ncnc(Oc3ccc(N)cc3F)c2c1C. The Morgan fingerprint density at radius 1 is 1.29 bits per heavy atom. The van der Waals surface area contributed by atoms with E-state index >= 15 is 0 Å². The predicted octanol–water partition coefficient (Wildman–Crippen LogP) is 2.56. The zero-order valence-electron chi connectivity index (χ0n) is 11.5. The van der Waals surface area contributed by atoms with E-state index in [2.05, 4.69) is 10.1 Å². The van der Waals surface area contributed by atoms with Gasteiger partial charge in [-0.25, -0.2) is 8.91 Å². The number of hydrogen-bond acceptors (Lipinski definition) is 5. The average Bonchev–Trinajstić information content (AvgIpc) is 2.79. The maximum Gasteiger partial charge on any atom is 0.247 e. The van der Waals surface area contributed by atoms with Crippen molar-refractivity contribution in [2.24, 2.45) is 0 Å². The minimum atomic E-state index is -0.553. The van der Waals surface area contributed by atoms with Crippen LogP contribution in [0.4, 0.5) is 10.1 Å². The highest BCUT2D eigenvalue weighted by atomic mass is 19.1. The summed E-state index contributed by atoms with van der Waals surface area (Å²) < 4.78 is 26.2. The van der Waals surface area contributed by atoms with Crippen LogP contribution in [0.25, 0.3) is 5.52 Å². The summed E-state index contributed by atoms with van der Waals surface area (Å²) in [5.74, 6) is 0.389. The van der Waals surface area contributed by atoms with Crippen molar-refractivity contribution >= 4 is 11.2 Å². The largest absolute Gasteiger partial charge is 0.495 e. The van der Waals surface area contributed by atoms with Crippen molar-refractivity contribution in [2.45, 2.75) is 6.92 Å². The lowest BCUT2D eigenvalue weighted by Crippen LogP contribution is -1.98. The monoisotopic (exact) mass is 288 g/mol. The summed E-state index contributed by atoms with van der Waals surface area (Å²) >= 11 is 0. The van der Waals surface area contributed by atoms with Gasteiger partial charge in [0.25, 0.3) is 0 Å². The molecule has 0 aliphatic rings. The summed E-state index contributed by atoms with van der Waals surface area (Å²) in [6.07, 6.45) is 3.04. The van der Waals surface area contributed by atoms with Crippen LogP contribution in [0.1, 0.15) is 5.56 Å². The molecule has 0 saturated carbocycles. The van der Waals surface area contributed by atoms with E-state index in [-0.39, 0.29) is 11.6 Å². The van der Waals surface area contributed by atoms with Gasteiger partial charge in [0.15, 0.2) is 11.6 Å². The molecule has 3 aromatic rings. The number of rotatable bonds is 3. The van der Waals surface area contributed by atoms with E-state index in [9.17, 15) is 4.39 Å². The molecular formula is C14H13FN4O2. The smallest absolute Gasteiger partial charge is 0.247 e. The molecule has 0 saturated heterocycles. The minimum absolute atomic E-state index is 0.0457. The summed E-state index contributed by atoms with van der Waals surface area (Å²) in [6.45, 7) is 1.85. The zero-order chi connectivity index (χ0) is 15.0. The number of anilines is 1. The molecular weight excluding hydrogens is 275 g/mol. The Morgan fingerprint density at radius 3 is 2.81 bits per heavy atom. The number of ether oxygens (including phenoxy) is 2. The highest BCUT2D eigenvalue weighted by Crippen LogP contribution is 2.32. The molecule has 0 atom stereocenters. The van der Waals surface area contributed by atoms with Crippen LogP contribution in [0.2, 0.25) is 0 Å². The quantitative estimate of drug-likeness (QED) is 0.750. The van der Waals surface area contributed by atoms with E-state index in [0.717, 1.165) is 5.56 Å². The highest BCUT2D eigenvalue weighted by molar-refractivity contribution is 5.67. The van der Waals surface area contributed by atoms with E-state index in [1.54, 1.807) is 23.9 Å². The first-order valence-electron chi connectivity index (χ1n) is 6.20. The maximum atomic E-state index is 13.8. The van der Waals surface area contributed by atoms with E-state index < -0.39 is 5.82 Å². The number of methoxy groups -OCH3 is 1. The molecule has 0 amide bonds. The van der Waals surface area contributed by atoms with Crippen molar-refractivity contribution in [2.75, 3.05) is 12.8 Å². The minimum Gasteiger partial charge on any atom is -0.495 e. The third-order valence-electron chi connectivity index (χ3n) is 3.13. The topological polar surface area (TPSA) is 74.7 Å². The first kappa shape index (κ1) is 13.2. The van der Waals surface area contributed by atoms with Crippen molar-refractivity contribution < 1.29 is 13.9 Å². The predicted molar refractivity (Wildman–Crippen MR) is 75.2 cm³/mol. The van der Waals surface area contributed by atoms with Crippen LogP contribution < -0.4 is 15.2 Å². The lowest BCUT2D eigenvalue weighted by Gasteiger charge is -2.08. The Morgan fingerprint density at radius 2 is 2.10 bits per heavy atom. The van der Waals surface area contributed by atoms with Crippen LogP contribution in [-0.4, -0.2) is 21.7 Å². The maximum absolute atomic E-state index is 13.8. The van der Waals surface area contributed by atoms with Gasteiger partial charge in [-0.2, -0.15) is 10.1 Å². The molecule has 7 heteroatoms. The van der Waals surface area contributed by atoms with Gasteiger partial charge in [-0.3, -0.25) is 0 Å². The molecule has 0 radical (unpaired) electrons. The number of nitrogens with zero attached hydrogens (tertiary/aromatic N) is 3. The fourth-order valence-electron chi connectivity index (χ4n) is 2.09. The molecule has 0 fully saturated rings. The Hall–Kier alpha value is -2.83. The van der Waals surface area contributed by atoms with Gasteiger partial charge in [-0.05, 0) is 19.1 Å².